The Balaban J connectivity index is 2.05. The van der Waals surface area contributed by atoms with Crippen molar-refractivity contribution in [2.75, 3.05) is 13.6 Å². The molecule has 2 aromatic rings. The molecule has 4 heteroatoms. The molecule has 1 amide bonds. The van der Waals surface area contributed by atoms with Crippen LogP contribution in [0.4, 0.5) is 0 Å². The SMILES string of the molecule is CNCCC(=O)NCc1ccc2[nH]c(C)c(C)c2c1. The number of hydrogen-bond acceptors (Lipinski definition) is 2. The van der Waals surface area contributed by atoms with Crippen LogP contribution in [0, 0.1) is 13.8 Å². The van der Waals surface area contributed by atoms with Gasteiger partial charge in [-0.1, -0.05) is 6.07 Å². The second-order valence-corrected chi connectivity index (χ2v) is 4.89. The molecule has 4 nitrogen and oxygen atoms in total. The number of fused-ring (bicyclic) bond motifs is 1. The molecule has 1 aromatic carbocycles. The molecule has 0 fully saturated rings. The number of benzene rings is 1. The van der Waals surface area contributed by atoms with Gasteiger partial charge >= 0.3 is 0 Å². The first-order chi connectivity index (χ1) is 9.11. The van der Waals surface area contributed by atoms with Crippen LogP contribution in [0.15, 0.2) is 18.2 Å². The van der Waals surface area contributed by atoms with Crippen LogP contribution in [0.2, 0.25) is 0 Å². The summed E-state index contributed by atoms with van der Waals surface area (Å²) in [5.74, 6) is 0.0800. The highest BCUT2D eigenvalue weighted by atomic mass is 16.1. The van der Waals surface area contributed by atoms with Crippen LogP contribution < -0.4 is 10.6 Å². The number of amides is 1. The predicted molar refractivity (Wildman–Crippen MR) is 78.2 cm³/mol. The molecule has 0 aliphatic rings. The Morgan fingerprint density at radius 2 is 2.11 bits per heavy atom. The molecular formula is C15H21N3O. The van der Waals surface area contributed by atoms with Gasteiger partial charge in [0.05, 0.1) is 0 Å². The van der Waals surface area contributed by atoms with E-state index in [1.54, 1.807) is 0 Å². The topological polar surface area (TPSA) is 56.9 Å². The average Bonchev–Trinajstić information content (AvgIpc) is 2.69. The lowest BCUT2D eigenvalue weighted by Gasteiger charge is -2.05. The van der Waals surface area contributed by atoms with Gasteiger partial charge in [0, 0.05) is 36.1 Å². The molecule has 0 unspecified atom stereocenters. The van der Waals surface area contributed by atoms with E-state index < -0.39 is 0 Å². The molecule has 1 heterocycles. The number of hydrogen-bond donors (Lipinski definition) is 3. The number of carbonyl (C=O) groups excluding carboxylic acids is 1. The maximum absolute atomic E-state index is 11.6. The number of H-pyrrole nitrogens is 1. The number of rotatable bonds is 5. The van der Waals surface area contributed by atoms with Crippen LogP contribution in [0.25, 0.3) is 10.9 Å². The molecule has 0 radical (unpaired) electrons. The minimum absolute atomic E-state index is 0.0800. The maximum atomic E-state index is 11.6. The monoisotopic (exact) mass is 259 g/mol. The number of nitrogens with one attached hydrogen (secondary N) is 3. The van der Waals surface area contributed by atoms with Crippen molar-refractivity contribution in [3.63, 3.8) is 0 Å². The summed E-state index contributed by atoms with van der Waals surface area (Å²) >= 11 is 0. The van der Waals surface area contributed by atoms with Gasteiger partial charge in [0.1, 0.15) is 0 Å². The summed E-state index contributed by atoms with van der Waals surface area (Å²) in [6, 6.07) is 6.27. The molecule has 0 atom stereocenters. The summed E-state index contributed by atoms with van der Waals surface area (Å²) in [5.41, 5.74) is 4.76. The summed E-state index contributed by atoms with van der Waals surface area (Å²) in [7, 11) is 1.85. The third-order valence-electron chi connectivity index (χ3n) is 3.46. The Bertz CT molecular complexity index is 586. The molecule has 0 aliphatic heterocycles. The zero-order chi connectivity index (χ0) is 13.8. The maximum Gasteiger partial charge on any atom is 0.221 e. The summed E-state index contributed by atoms with van der Waals surface area (Å²) in [5, 5.41) is 7.14. The van der Waals surface area contributed by atoms with E-state index in [4.69, 9.17) is 0 Å². The highest BCUT2D eigenvalue weighted by Crippen LogP contribution is 2.22. The van der Waals surface area contributed by atoms with Crippen molar-refractivity contribution >= 4 is 16.8 Å². The summed E-state index contributed by atoms with van der Waals surface area (Å²) in [6.07, 6.45) is 0.515. The standard InChI is InChI=1S/C15H21N3O/c1-10-11(2)18-14-5-4-12(8-13(10)14)9-17-15(19)6-7-16-3/h4-5,8,16,18H,6-7,9H2,1-3H3,(H,17,19). The highest BCUT2D eigenvalue weighted by molar-refractivity contribution is 5.85. The van der Waals surface area contributed by atoms with E-state index in [0.717, 1.165) is 11.1 Å². The molecule has 19 heavy (non-hydrogen) atoms. The highest BCUT2D eigenvalue weighted by Gasteiger charge is 2.06. The molecule has 0 saturated heterocycles. The molecule has 3 N–H and O–H groups in total. The minimum atomic E-state index is 0.0800. The van der Waals surface area contributed by atoms with Crippen LogP contribution in [0.5, 0.6) is 0 Å². The lowest BCUT2D eigenvalue weighted by Crippen LogP contribution is -2.26. The van der Waals surface area contributed by atoms with E-state index >= 15 is 0 Å². The minimum Gasteiger partial charge on any atom is -0.358 e. The van der Waals surface area contributed by atoms with Gasteiger partial charge in [-0.05, 0) is 44.2 Å². The van der Waals surface area contributed by atoms with Crippen molar-refractivity contribution in [2.45, 2.75) is 26.8 Å². The first kappa shape index (κ1) is 13.6. The Morgan fingerprint density at radius 1 is 1.32 bits per heavy atom. The molecule has 1 aromatic heterocycles. The van der Waals surface area contributed by atoms with Gasteiger partial charge in [0.2, 0.25) is 5.91 Å². The van der Waals surface area contributed by atoms with Crippen LogP contribution >= 0.6 is 0 Å². The summed E-state index contributed by atoms with van der Waals surface area (Å²) < 4.78 is 0. The van der Waals surface area contributed by atoms with Gasteiger partial charge in [-0.2, -0.15) is 0 Å². The largest absolute Gasteiger partial charge is 0.358 e. The van der Waals surface area contributed by atoms with E-state index in [1.165, 1.54) is 16.6 Å². The first-order valence-electron chi connectivity index (χ1n) is 6.61. The second-order valence-electron chi connectivity index (χ2n) is 4.89. The molecule has 0 bridgehead atoms. The predicted octanol–water partition coefficient (Wildman–Crippen LogP) is 2.01. The van der Waals surface area contributed by atoms with Crippen molar-refractivity contribution in [3.8, 4) is 0 Å². The molecule has 0 aliphatic carbocycles. The van der Waals surface area contributed by atoms with Gasteiger partial charge in [0.25, 0.3) is 0 Å². The third kappa shape index (κ3) is 3.15. The van der Waals surface area contributed by atoms with E-state index in [1.807, 2.05) is 7.05 Å². The van der Waals surface area contributed by atoms with Gasteiger partial charge < -0.3 is 15.6 Å². The van der Waals surface area contributed by atoms with Crippen LogP contribution in [0.1, 0.15) is 23.2 Å². The lowest BCUT2D eigenvalue weighted by atomic mass is 10.1. The molecule has 102 valence electrons. The van der Waals surface area contributed by atoms with Crippen LogP contribution in [0.3, 0.4) is 0 Å². The van der Waals surface area contributed by atoms with Gasteiger partial charge in [-0.3, -0.25) is 4.79 Å². The van der Waals surface area contributed by atoms with Gasteiger partial charge in [-0.25, -0.2) is 0 Å². The quantitative estimate of drug-likeness (QED) is 0.769. The zero-order valence-corrected chi connectivity index (χ0v) is 11.8. The fraction of sp³-hybridized carbons (Fsp3) is 0.400. The van der Waals surface area contributed by atoms with E-state index in [2.05, 4.69) is 47.7 Å². The zero-order valence-electron chi connectivity index (χ0n) is 11.8. The molecular weight excluding hydrogens is 238 g/mol. The van der Waals surface area contributed by atoms with E-state index in [-0.39, 0.29) is 5.91 Å². The molecule has 0 spiro atoms. The molecule has 0 saturated carbocycles. The smallest absolute Gasteiger partial charge is 0.221 e. The van der Waals surface area contributed by atoms with Crippen LogP contribution in [-0.4, -0.2) is 24.5 Å². The molecule has 2 rings (SSSR count). The normalized spacial score (nSPS) is 10.9. The number of aromatic amines is 1. The van der Waals surface area contributed by atoms with Crippen molar-refractivity contribution in [1.29, 1.82) is 0 Å². The van der Waals surface area contributed by atoms with Gasteiger partial charge in [-0.15, -0.1) is 0 Å². The summed E-state index contributed by atoms with van der Waals surface area (Å²) in [6.45, 7) is 5.49. The number of carbonyl (C=O) groups is 1. The second kappa shape index (κ2) is 5.89. The van der Waals surface area contributed by atoms with Crippen molar-refractivity contribution in [1.82, 2.24) is 15.6 Å². The Kier molecular flexibility index (Phi) is 4.22. The van der Waals surface area contributed by atoms with Crippen LogP contribution in [-0.2, 0) is 11.3 Å². The lowest BCUT2D eigenvalue weighted by molar-refractivity contribution is -0.121. The number of aryl methyl sites for hydroxylation is 2. The van der Waals surface area contributed by atoms with Crippen molar-refractivity contribution in [3.05, 3.63) is 35.0 Å². The van der Waals surface area contributed by atoms with E-state index in [0.29, 0.717) is 19.5 Å². The first-order valence-corrected chi connectivity index (χ1v) is 6.61. The number of aromatic nitrogens is 1. The van der Waals surface area contributed by atoms with Crippen molar-refractivity contribution in [2.24, 2.45) is 0 Å². The fourth-order valence-corrected chi connectivity index (χ4v) is 2.15. The fourth-order valence-electron chi connectivity index (χ4n) is 2.15. The third-order valence-corrected chi connectivity index (χ3v) is 3.46. The Morgan fingerprint density at radius 3 is 2.84 bits per heavy atom. The van der Waals surface area contributed by atoms with Crippen molar-refractivity contribution < 1.29 is 4.79 Å². The average molecular weight is 259 g/mol. The Hall–Kier alpha value is -1.81. The summed E-state index contributed by atoms with van der Waals surface area (Å²) in [4.78, 5) is 14.9. The Labute approximate surface area is 113 Å². The van der Waals surface area contributed by atoms with Gasteiger partial charge in [0.15, 0.2) is 0 Å². The van der Waals surface area contributed by atoms with E-state index in [9.17, 15) is 4.79 Å².